The van der Waals surface area contributed by atoms with Crippen LogP contribution in [-0.4, -0.2) is 27.5 Å². The van der Waals surface area contributed by atoms with Crippen molar-refractivity contribution in [3.63, 3.8) is 0 Å². The number of aliphatic hydroxyl groups excluding tert-OH is 2. The number of aromatic hydroxyl groups is 1. The smallest absolute Gasteiger partial charge is 0.119 e. The molecule has 142 valence electrons. The fraction of sp³-hybridized carbons (Fsp3) is 0.727. The number of fused-ring (bicyclic) bond motifs is 1. The Bertz CT molecular complexity index is 514. The van der Waals surface area contributed by atoms with Crippen LogP contribution in [0, 0.1) is 11.8 Å². The van der Waals surface area contributed by atoms with Crippen LogP contribution in [0.4, 0.5) is 0 Å². The van der Waals surface area contributed by atoms with Crippen molar-refractivity contribution in [2.75, 3.05) is 0 Å². The third-order valence-electron chi connectivity index (χ3n) is 5.99. The number of rotatable bonds is 10. The Balaban J connectivity index is 1.96. The average molecular weight is 349 g/mol. The molecule has 1 aliphatic rings. The Kier molecular flexibility index (Phi) is 8.25. The van der Waals surface area contributed by atoms with E-state index in [1.165, 1.54) is 18.4 Å². The molecule has 0 unspecified atom stereocenters. The van der Waals surface area contributed by atoms with Crippen molar-refractivity contribution < 1.29 is 15.3 Å². The van der Waals surface area contributed by atoms with Crippen molar-refractivity contribution in [1.29, 1.82) is 0 Å². The maximum Gasteiger partial charge on any atom is 0.119 e. The van der Waals surface area contributed by atoms with Gasteiger partial charge in [-0.2, -0.15) is 0 Å². The summed E-state index contributed by atoms with van der Waals surface area (Å²) in [6.45, 7) is 4.22. The molecule has 0 heterocycles. The molecule has 3 N–H and O–H groups in total. The Labute approximate surface area is 153 Å². The number of aliphatic hydroxyl groups is 2. The van der Waals surface area contributed by atoms with Crippen LogP contribution in [0.1, 0.15) is 76.3 Å². The zero-order valence-corrected chi connectivity index (χ0v) is 16.0. The van der Waals surface area contributed by atoms with E-state index in [1.807, 2.05) is 13.0 Å². The zero-order chi connectivity index (χ0) is 18.2. The largest absolute Gasteiger partial charge is 0.508 e. The summed E-state index contributed by atoms with van der Waals surface area (Å²) in [5.41, 5.74) is 2.32. The maximum absolute atomic E-state index is 10.6. The minimum atomic E-state index is -0.299. The summed E-state index contributed by atoms with van der Waals surface area (Å²) >= 11 is 0. The molecule has 1 aromatic rings. The standard InChI is InChI=1S/C22H36O3/c1-3-5-6-9-18(23)12-14-19(21(24)4-2)17-11-13-20-16(15-17)8-7-10-22(20)25/h7-8,10,17-19,21,23-25H,3-6,9,11-15H2,1-2H3/t17-,18+,19-,21-/m1/s1. The summed E-state index contributed by atoms with van der Waals surface area (Å²) in [5, 5.41) is 30.9. The summed E-state index contributed by atoms with van der Waals surface area (Å²) in [6, 6.07) is 5.79. The van der Waals surface area contributed by atoms with Gasteiger partial charge in [-0.1, -0.05) is 45.2 Å². The molecular weight excluding hydrogens is 312 g/mol. The van der Waals surface area contributed by atoms with Crippen molar-refractivity contribution >= 4 is 0 Å². The fourth-order valence-electron chi connectivity index (χ4n) is 4.38. The first kappa shape index (κ1) is 20.3. The second-order valence-electron chi connectivity index (χ2n) is 7.78. The van der Waals surface area contributed by atoms with E-state index in [9.17, 15) is 15.3 Å². The predicted octanol–water partition coefficient (Wildman–Crippen LogP) is 4.61. The molecule has 0 amide bonds. The molecule has 0 fully saturated rings. The molecule has 3 heteroatoms. The summed E-state index contributed by atoms with van der Waals surface area (Å²) in [7, 11) is 0. The highest BCUT2D eigenvalue weighted by molar-refractivity contribution is 5.41. The highest BCUT2D eigenvalue weighted by Crippen LogP contribution is 2.38. The molecule has 0 saturated carbocycles. The number of hydrogen-bond acceptors (Lipinski definition) is 3. The Morgan fingerprint density at radius 3 is 2.60 bits per heavy atom. The van der Waals surface area contributed by atoms with Crippen molar-refractivity contribution in [3.05, 3.63) is 29.3 Å². The topological polar surface area (TPSA) is 60.7 Å². The van der Waals surface area contributed by atoms with Gasteiger partial charge in [-0.15, -0.1) is 0 Å². The molecule has 3 nitrogen and oxygen atoms in total. The SMILES string of the molecule is CCCCC[C@H](O)CC[C@H]([C@@H]1CCc2c(O)cccc2C1)[C@H](O)CC. The van der Waals surface area contributed by atoms with Crippen molar-refractivity contribution in [1.82, 2.24) is 0 Å². The summed E-state index contributed by atoms with van der Waals surface area (Å²) in [6.07, 6.45) is 9.06. The van der Waals surface area contributed by atoms with Crippen LogP contribution in [0.25, 0.3) is 0 Å². The van der Waals surface area contributed by atoms with Gasteiger partial charge in [0.05, 0.1) is 12.2 Å². The van der Waals surface area contributed by atoms with Crippen LogP contribution in [0.2, 0.25) is 0 Å². The minimum absolute atomic E-state index is 0.237. The first-order chi connectivity index (χ1) is 12.1. The van der Waals surface area contributed by atoms with Crippen LogP contribution >= 0.6 is 0 Å². The van der Waals surface area contributed by atoms with Crippen molar-refractivity contribution in [2.45, 2.75) is 90.3 Å². The third-order valence-corrected chi connectivity index (χ3v) is 5.99. The summed E-state index contributed by atoms with van der Waals surface area (Å²) < 4.78 is 0. The second kappa shape index (κ2) is 10.2. The number of phenolic OH excluding ortho intramolecular Hbond substituents is 1. The molecule has 0 saturated heterocycles. The van der Waals surface area contributed by atoms with E-state index >= 15 is 0 Å². The molecule has 2 rings (SSSR count). The van der Waals surface area contributed by atoms with Gasteiger partial charge in [0, 0.05) is 0 Å². The lowest BCUT2D eigenvalue weighted by Crippen LogP contribution is -2.32. The van der Waals surface area contributed by atoms with E-state index in [0.717, 1.165) is 56.9 Å². The highest BCUT2D eigenvalue weighted by Gasteiger charge is 2.31. The molecule has 0 aromatic heterocycles. The zero-order valence-electron chi connectivity index (χ0n) is 16.0. The van der Waals surface area contributed by atoms with Gasteiger partial charge in [0.1, 0.15) is 5.75 Å². The molecule has 0 spiro atoms. The lowest BCUT2D eigenvalue weighted by Gasteiger charge is -2.35. The van der Waals surface area contributed by atoms with Crippen LogP contribution in [-0.2, 0) is 12.8 Å². The van der Waals surface area contributed by atoms with Gasteiger partial charge in [0.25, 0.3) is 0 Å². The number of phenols is 1. The molecule has 25 heavy (non-hydrogen) atoms. The Morgan fingerprint density at radius 1 is 1.08 bits per heavy atom. The van der Waals surface area contributed by atoms with Crippen LogP contribution in [0.15, 0.2) is 18.2 Å². The first-order valence-electron chi connectivity index (χ1n) is 10.2. The van der Waals surface area contributed by atoms with Crippen molar-refractivity contribution in [3.8, 4) is 5.75 Å². The number of unbranched alkanes of at least 4 members (excludes halogenated alkanes) is 2. The molecular formula is C22H36O3. The lowest BCUT2D eigenvalue weighted by molar-refractivity contribution is 0.0447. The molecule has 0 bridgehead atoms. The molecule has 1 aromatic carbocycles. The second-order valence-corrected chi connectivity index (χ2v) is 7.78. The predicted molar refractivity (Wildman–Crippen MR) is 103 cm³/mol. The lowest BCUT2D eigenvalue weighted by atomic mass is 9.72. The van der Waals surface area contributed by atoms with Crippen molar-refractivity contribution in [2.24, 2.45) is 11.8 Å². The maximum atomic E-state index is 10.6. The van der Waals surface area contributed by atoms with Crippen LogP contribution in [0.5, 0.6) is 5.75 Å². The van der Waals surface area contributed by atoms with E-state index in [1.54, 1.807) is 6.07 Å². The summed E-state index contributed by atoms with van der Waals surface area (Å²) in [4.78, 5) is 0. The highest BCUT2D eigenvalue weighted by atomic mass is 16.3. The minimum Gasteiger partial charge on any atom is -0.508 e. The van der Waals surface area contributed by atoms with Gasteiger partial charge in [0.15, 0.2) is 0 Å². The van der Waals surface area contributed by atoms with Gasteiger partial charge < -0.3 is 15.3 Å². The van der Waals surface area contributed by atoms with E-state index in [0.29, 0.717) is 11.7 Å². The average Bonchev–Trinajstić information content (AvgIpc) is 2.62. The molecule has 1 aliphatic carbocycles. The number of benzene rings is 1. The van der Waals surface area contributed by atoms with Gasteiger partial charge in [-0.3, -0.25) is 0 Å². The molecule has 0 radical (unpaired) electrons. The van der Waals surface area contributed by atoms with Gasteiger partial charge in [-0.25, -0.2) is 0 Å². The molecule has 0 aliphatic heterocycles. The Hall–Kier alpha value is -1.06. The summed E-state index contributed by atoms with van der Waals surface area (Å²) in [5.74, 6) is 1.09. The Morgan fingerprint density at radius 2 is 1.88 bits per heavy atom. The van der Waals surface area contributed by atoms with E-state index in [4.69, 9.17) is 0 Å². The monoisotopic (exact) mass is 348 g/mol. The van der Waals surface area contributed by atoms with Gasteiger partial charge in [0.2, 0.25) is 0 Å². The van der Waals surface area contributed by atoms with Gasteiger partial charge >= 0.3 is 0 Å². The number of hydrogen-bond donors (Lipinski definition) is 3. The van der Waals surface area contributed by atoms with Gasteiger partial charge in [-0.05, 0) is 74.0 Å². The first-order valence-corrected chi connectivity index (χ1v) is 10.2. The normalized spacial score (nSPS) is 20.7. The van der Waals surface area contributed by atoms with E-state index < -0.39 is 0 Å². The quantitative estimate of drug-likeness (QED) is 0.541. The van der Waals surface area contributed by atoms with E-state index in [-0.39, 0.29) is 18.1 Å². The molecule has 4 atom stereocenters. The fourth-order valence-corrected chi connectivity index (χ4v) is 4.38. The van der Waals surface area contributed by atoms with Crippen LogP contribution < -0.4 is 0 Å². The van der Waals surface area contributed by atoms with Crippen LogP contribution in [0.3, 0.4) is 0 Å². The van der Waals surface area contributed by atoms with E-state index in [2.05, 4.69) is 13.0 Å². The third kappa shape index (κ3) is 5.72.